The normalized spacial score (nSPS) is 20.3. The number of hydrogen-bond acceptors (Lipinski definition) is 4. The Labute approximate surface area is 147 Å². The van der Waals surface area contributed by atoms with Crippen LogP contribution >= 0.6 is 27.3 Å². The lowest BCUT2D eigenvalue weighted by Crippen LogP contribution is -2.24. The van der Waals surface area contributed by atoms with E-state index in [9.17, 15) is 13.2 Å². The summed E-state index contributed by atoms with van der Waals surface area (Å²) in [6.07, 6.45) is 0.835. The molecular weight excluding hydrogens is 400 g/mol. The lowest BCUT2D eigenvalue weighted by atomic mass is 10.1. The summed E-state index contributed by atoms with van der Waals surface area (Å²) >= 11 is 4.59. The van der Waals surface area contributed by atoms with Gasteiger partial charge in [0.1, 0.15) is 4.21 Å². The monoisotopic (exact) mass is 414 g/mol. The van der Waals surface area contributed by atoms with Gasteiger partial charge < -0.3 is 5.32 Å². The molecule has 8 heteroatoms. The van der Waals surface area contributed by atoms with E-state index in [1.165, 1.54) is 6.07 Å². The Morgan fingerprint density at radius 1 is 1.30 bits per heavy atom. The second-order valence-electron chi connectivity index (χ2n) is 5.45. The molecule has 23 heavy (non-hydrogen) atoms. The number of nitrogens with one attached hydrogen (secondary N) is 1. The Bertz CT molecular complexity index is 848. The van der Waals surface area contributed by atoms with Gasteiger partial charge in [-0.3, -0.25) is 4.79 Å². The number of sulfonamides is 1. The topological polar surface area (TPSA) is 89.3 Å². The van der Waals surface area contributed by atoms with Crippen LogP contribution in [-0.4, -0.2) is 14.3 Å². The molecule has 3 rings (SSSR count). The smallest absolute Gasteiger partial charge is 0.247 e. The molecule has 1 aliphatic rings. The molecule has 1 heterocycles. The molecule has 5 nitrogen and oxygen atoms in total. The summed E-state index contributed by atoms with van der Waals surface area (Å²) in [6.45, 7) is 0.318. The molecule has 0 unspecified atom stereocenters. The average Bonchev–Trinajstić information content (AvgIpc) is 3.12. The SMILES string of the molecule is NS(=O)(=O)c1ccc(CNC(=O)[C@H]2C[C@H]2c2ccccc2Br)s1. The fraction of sp³-hybridized carbons (Fsp3) is 0.267. The van der Waals surface area contributed by atoms with E-state index in [-0.39, 0.29) is 22.0 Å². The molecule has 0 radical (unpaired) electrons. The van der Waals surface area contributed by atoms with Crippen LogP contribution in [-0.2, 0) is 21.4 Å². The minimum Gasteiger partial charge on any atom is -0.351 e. The summed E-state index contributed by atoms with van der Waals surface area (Å²) in [7, 11) is -3.67. The van der Waals surface area contributed by atoms with Crippen LogP contribution in [0.3, 0.4) is 0 Å². The minimum atomic E-state index is -3.67. The number of halogens is 1. The second-order valence-corrected chi connectivity index (χ2v) is 9.26. The van der Waals surface area contributed by atoms with E-state index in [2.05, 4.69) is 21.2 Å². The van der Waals surface area contributed by atoms with Gasteiger partial charge in [-0.05, 0) is 36.1 Å². The molecule has 0 aliphatic heterocycles. The van der Waals surface area contributed by atoms with Gasteiger partial charge in [0.15, 0.2) is 0 Å². The number of rotatable bonds is 5. The predicted octanol–water partition coefficient (Wildman–Crippen LogP) is 2.58. The summed E-state index contributed by atoms with van der Waals surface area (Å²) in [4.78, 5) is 13.0. The van der Waals surface area contributed by atoms with Crippen molar-refractivity contribution in [3.63, 3.8) is 0 Å². The third-order valence-electron chi connectivity index (χ3n) is 3.79. The highest BCUT2D eigenvalue weighted by molar-refractivity contribution is 9.10. The summed E-state index contributed by atoms with van der Waals surface area (Å²) < 4.78 is 23.6. The molecule has 1 aromatic heterocycles. The van der Waals surface area contributed by atoms with Crippen molar-refractivity contribution < 1.29 is 13.2 Å². The van der Waals surface area contributed by atoms with Crippen LogP contribution < -0.4 is 10.5 Å². The molecule has 0 saturated heterocycles. The first-order valence-electron chi connectivity index (χ1n) is 7.00. The highest BCUT2D eigenvalue weighted by Crippen LogP contribution is 2.49. The Balaban J connectivity index is 1.57. The molecular formula is C15H15BrN2O3S2. The quantitative estimate of drug-likeness (QED) is 0.787. The van der Waals surface area contributed by atoms with Gasteiger partial charge in [0, 0.05) is 15.3 Å². The van der Waals surface area contributed by atoms with E-state index in [1.807, 2.05) is 24.3 Å². The zero-order valence-electron chi connectivity index (χ0n) is 12.0. The molecule has 2 aromatic rings. The van der Waals surface area contributed by atoms with Crippen molar-refractivity contribution >= 4 is 43.2 Å². The standard InChI is InChI=1S/C15H15BrN2O3S2/c16-13-4-2-1-3-10(13)11-7-12(11)15(19)18-8-9-5-6-14(22-9)23(17,20)21/h1-6,11-12H,7-8H2,(H,18,19)(H2,17,20,21)/t11-,12-/m0/s1. The summed E-state index contributed by atoms with van der Waals surface area (Å²) in [5, 5.41) is 7.94. The molecule has 1 amide bonds. The van der Waals surface area contributed by atoms with Crippen molar-refractivity contribution in [1.29, 1.82) is 0 Å². The van der Waals surface area contributed by atoms with Crippen molar-refractivity contribution in [3.05, 3.63) is 51.3 Å². The van der Waals surface area contributed by atoms with E-state index < -0.39 is 10.0 Å². The van der Waals surface area contributed by atoms with Crippen LogP contribution in [0.1, 0.15) is 22.8 Å². The molecule has 1 fully saturated rings. The number of hydrogen-bond donors (Lipinski definition) is 2. The fourth-order valence-electron chi connectivity index (χ4n) is 2.52. The van der Waals surface area contributed by atoms with Gasteiger partial charge in [0.25, 0.3) is 0 Å². The zero-order chi connectivity index (χ0) is 16.6. The molecule has 122 valence electrons. The molecule has 1 aromatic carbocycles. The van der Waals surface area contributed by atoms with Crippen molar-refractivity contribution in [2.45, 2.75) is 23.1 Å². The number of primary sulfonamides is 1. The van der Waals surface area contributed by atoms with Crippen LogP contribution in [0.25, 0.3) is 0 Å². The zero-order valence-corrected chi connectivity index (χ0v) is 15.2. The van der Waals surface area contributed by atoms with E-state index in [4.69, 9.17) is 5.14 Å². The molecule has 1 saturated carbocycles. The Kier molecular flexibility index (Phi) is 4.59. The van der Waals surface area contributed by atoms with Crippen LogP contribution in [0, 0.1) is 5.92 Å². The largest absolute Gasteiger partial charge is 0.351 e. The van der Waals surface area contributed by atoms with Crippen molar-refractivity contribution in [3.8, 4) is 0 Å². The number of carbonyl (C=O) groups is 1. The van der Waals surface area contributed by atoms with Gasteiger partial charge in [0.05, 0.1) is 6.54 Å². The van der Waals surface area contributed by atoms with E-state index >= 15 is 0 Å². The minimum absolute atomic E-state index is 0.00342. The van der Waals surface area contributed by atoms with Gasteiger partial charge in [-0.15, -0.1) is 11.3 Å². The third-order valence-corrected chi connectivity index (χ3v) is 7.03. The number of amides is 1. The fourth-order valence-corrected chi connectivity index (χ4v) is 4.81. The lowest BCUT2D eigenvalue weighted by Gasteiger charge is -2.05. The number of nitrogens with two attached hydrogens (primary N) is 1. The Morgan fingerprint density at radius 2 is 2.04 bits per heavy atom. The molecule has 0 bridgehead atoms. The first-order chi connectivity index (χ1) is 10.9. The van der Waals surface area contributed by atoms with Gasteiger partial charge in [-0.2, -0.15) is 0 Å². The first-order valence-corrected chi connectivity index (χ1v) is 10.2. The second kappa shape index (κ2) is 6.35. The molecule has 1 aliphatic carbocycles. The van der Waals surface area contributed by atoms with Gasteiger partial charge >= 0.3 is 0 Å². The third kappa shape index (κ3) is 3.82. The number of thiophene rings is 1. The summed E-state index contributed by atoms with van der Waals surface area (Å²) in [6, 6.07) is 11.0. The first kappa shape index (κ1) is 16.6. The van der Waals surface area contributed by atoms with E-state index in [0.717, 1.165) is 32.7 Å². The van der Waals surface area contributed by atoms with Gasteiger partial charge in [0.2, 0.25) is 15.9 Å². The van der Waals surface area contributed by atoms with Gasteiger partial charge in [-0.1, -0.05) is 34.1 Å². The molecule has 0 spiro atoms. The maximum absolute atomic E-state index is 12.2. The van der Waals surface area contributed by atoms with Crippen molar-refractivity contribution in [2.24, 2.45) is 11.1 Å². The summed E-state index contributed by atoms with van der Waals surface area (Å²) in [5.74, 6) is 0.219. The van der Waals surface area contributed by atoms with Crippen LogP contribution in [0.4, 0.5) is 0 Å². The predicted molar refractivity (Wildman–Crippen MR) is 92.5 cm³/mol. The molecule has 2 atom stereocenters. The van der Waals surface area contributed by atoms with Crippen LogP contribution in [0.5, 0.6) is 0 Å². The Hall–Kier alpha value is -1.22. The summed E-state index contributed by atoms with van der Waals surface area (Å²) in [5.41, 5.74) is 1.15. The van der Waals surface area contributed by atoms with E-state index in [0.29, 0.717) is 6.54 Å². The number of carbonyl (C=O) groups excluding carboxylic acids is 1. The average molecular weight is 415 g/mol. The highest BCUT2D eigenvalue weighted by atomic mass is 79.9. The van der Waals surface area contributed by atoms with Crippen LogP contribution in [0.15, 0.2) is 45.1 Å². The Morgan fingerprint density at radius 3 is 2.70 bits per heavy atom. The van der Waals surface area contributed by atoms with E-state index in [1.54, 1.807) is 6.07 Å². The van der Waals surface area contributed by atoms with Crippen LogP contribution in [0.2, 0.25) is 0 Å². The highest BCUT2D eigenvalue weighted by Gasteiger charge is 2.44. The van der Waals surface area contributed by atoms with Gasteiger partial charge in [-0.25, -0.2) is 13.6 Å². The maximum atomic E-state index is 12.2. The lowest BCUT2D eigenvalue weighted by molar-refractivity contribution is -0.122. The van der Waals surface area contributed by atoms with Crippen molar-refractivity contribution in [1.82, 2.24) is 5.32 Å². The number of benzene rings is 1. The van der Waals surface area contributed by atoms with Crippen molar-refractivity contribution in [2.75, 3.05) is 0 Å². The molecule has 3 N–H and O–H groups in total. The maximum Gasteiger partial charge on any atom is 0.247 e.